The summed E-state index contributed by atoms with van der Waals surface area (Å²) in [5.74, 6) is 2.16. The van der Waals surface area contributed by atoms with Crippen LogP contribution in [-0.4, -0.2) is 26.3 Å². The summed E-state index contributed by atoms with van der Waals surface area (Å²) in [7, 11) is 1.94. The van der Waals surface area contributed by atoms with E-state index in [1.165, 1.54) is 0 Å². The number of anilines is 2. The van der Waals surface area contributed by atoms with Gasteiger partial charge in [0.15, 0.2) is 0 Å². The first-order valence-corrected chi connectivity index (χ1v) is 7.43. The molecule has 0 saturated carbocycles. The van der Waals surface area contributed by atoms with E-state index in [-0.39, 0.29) is 0 Å². The highest BCUT2D eigenvalue weighted by molar-refractivity contribution is 5.59. The van der Waals surface area contributed by atoms with Crippen LogP contribution in [0.25, 0.3) is 0 Å². The van der Waals surface area contributed by atoms with Crippen LogP contribution in [0.15, 0.2) is 18.6 Å². The van der Waals surface area contributed by atoms with Gasteiger partial charge in [-0.1, -0.05) is 20.8 Å². The van der Waals surface area contributed by atoms with Gasteiger partial charge < -0.3 is 10.6 Å². The first-order valence-electron chi connectivity index (χ1n) is 7.43. The van der Waals surface area contributed by atoms with Crippen LogP contribution in [0.5, 0.6) is 0 Å². The van der Waals surface area contributed by atoms with Crippen molar-refractivity contribution in [3.63, 3.8) is 0 Å². The topological polar surface area (TPSA) is 67.7 Å². The molecule has 0 aliphatic heterocycles. The van der Waals surface area contributed by atoms with E-state index < -0.39 is 0 Å². The Morgan fingerprint density at radius 1 is 1.19 bits per heavy atom. The third-order valence-electron chi connectivity index (χ3n) is 3.36. The van der Waals surface area contributed by atoms with E-state index in [0.29, 0.717) is 12.5 Å². The molecule has 0 aromatic carbocycles. The normalized spacial score (nSPS) is 10.9. The molecule has 2 heterocycles. The lowest BCUT2D eigenvalue weighted by atomic mass is 10.0. The zero-order chi connectivity index (χ0) is 15.2. The number of rotatable bonds is 7. The molecule has 0 aliphatic carbocycles. The molecule has 2 aromatic heterocycles. The van der Waals surface area contributed by atoms with E-state index >= 15 is 0 Å². The smallest absolute Gasteiger partial charge is 0.135 e. The van der Waals surface area contributed by atoms with Gasteiger partial charge in [-0.15, -0.1) is 0 Å². The highest BCUT2D eigenvalue weighted by Crippen LogP contribution is 2.28. The summed E-state index contributed by atoms with van der Waals surface area (Å²) in [4.78, 5) is 8.79. The number of nitrogens with one attached hydrogen (secondary N) is 2. The molecule has 21 heavy (non-hydrogen) atoms. The zero-order valence-corrected chi connectivity index (χ0v) is 13.2. The molecule has 0 spiro atoms. The van der Waals surface area contributed by atoms with E-state index in [4.69, 9.17) is 0 Å². The molecule has 2 N–H and O–H groups in total. The average Bonchev–Trinajstić information content (AvgIpc) is 2.87. The maximum Gasteiger partial charge on any atom is 0.135 e. The Morgan fingerprint density at radius 2 is 1.90 bits per heavy atom. The van der Waals surface area contributed by atoms with Crippen LogP contribution >= 0.6 is 0 Å². The van der Waals surface area contributed by atoms with Crippen molar-refractivity contribution in [2.75, 3.05) is 17.2 Å². The van der Waals surface area contributed by atoms with Crippen LogP contribution < -0.4 is 10.6 Å². The molecule has 114 valence electrons. The Bertz CT molecular complexity index is 575. The lowest BCUT2D eigenvalue weighted by Gasteiger charge is -2.17. The SMILES string of the molecule is CCCNc1ncnc(NCc2ccnn2C)c1C(C)C. The minimum atomic E-state index is 0.347. The van der Waals surface area contributed by atoms with Gasteiger partial charge in [0.05, 0.1) is 12.2 Å². The third-order valence-corrected chi connectivity index (χ3v) is 3.36. The second-order valence-corrected chi connectivity index (χ2v) is 5.37. The summed E-state index contributed by atoms with van der Waals surface area (Å²) in [5.41, 5.74) is 2.25. The Morgan fingerprint density at radius 3 is 2.48 bits per heavy atom. The monoisotopic (exact) mass is 288 g/mol. The molecule has 6 nitrogen and oxygen atoms in total. The number of hydrogen-bond donors (Lipinski definition) is 2. The number of hydrogen-bond acceptors (Lipinski definition) is 5. The predicted octanol–water partition coefficient (Wildman–Crippen LogP) is 2.77. The van der Waals surface area contributed by atoms with Crippen LogP contribution in [0.1, 0.15) is 44.4 Å². The summed E-state index contributed by atoms with van der Waals surface area (Å²) in [6.07, 6.45) is 4.48. The van der Waals surface area contributed by atoms with Crippen molar-refractivity contribution in [1.29, 1.82) is 0 Å². The van der Waals surface area contributed by atoms with E-state index in [9.17, 15) is 0 Å². The molecule has 0 unspecified atom stereocenters. The maximum absolute atomic E-state index is 4.41. The van der Waals surface area contributed by atoms with Crippen molar-refractivity contribution in [3.05, 3.63) is 29.8 Å². The van der Waals surface area contributed by atoms with Crippen LogP contribution in [0.3, 0.4) is 0 Å². The molecule has 2 aromatic rings. The van der Waals surface area contributed by atoms with Crippen LogP contribution in [-0.2, 0) is 13.6 Å². The van der Waals surface area contributed by atoms with E-state index in [1.54, 1.807) is 12.5 Å². The second kappa shape index (κ2) is 7.06. The fourth-order valence-electron chi connectivity index (χ4n) is 2.22. The molecule has 0 bridgehead atoms. The number of nitrogens with zero attached hydrogens (tertiary/aromatic N) is 4. The second-order valence-electron chi connectivity index (χ2n) is 5.37. The van der Waals surface area contributed by atoms with Crippen molar-refractivity contribution < 1.29 is 0 Å². The number of aromatic nitrogens is 4. The zero-order valence-electron chi connectivity index (χ0n) is 13.2. The molecular weight excluding hydrogens is 264 g/mol. The Kier molecular flexibility index (Phi) is 5.14. The van der Waals surface area contributed by atoms with Crippen molar-refractivity contribution >= 4 is 11.6 Å². The van der Waals surface area contributed by atoms with Crippen LogP contribution in [0.4, 0.5) is 11.6 Å². The summed E-state index contributed by atoms with van der Waals surface area (Å²) >= 11 is 0. The lowest BCUT2D eigenvalue weighted by Crippen LogP contribution is -2.13. The lowest BCUT2D eigenvalue weighted by molar-refractivity contribution is 0.718. The quantitative estimate of drug-likeness (QED) is 0.820. The molecule has 2 rings (SSSR count). The first-order chi connectivity index (χ1) is 10.1. The van der Waals surface area contributed by atoms with E-state index in [2.05, 4.69) is 46.5 Å². The van der Waals surface area contributed by atoms with Crippen molar-refractivity contribution in [3.8, 4) is 0 Å². The fourth-order valence-corrected chi connectivity index (χ4v) is 2.22. The standard InChI is InChI=1S/C15H24N6/c1-5-7-16-14-13(11(2)3)15(19-10-18-14)17-9-12-6-8-20-21(12)4/h6,8,10-11H,5,7,9H2,1-4H3,(H2,16,17,18,19). The van der Waals surface area contributed by atoms with Crippen molar-refractivity contribution in [2.24, 2.45) is 7.05 Å². The molecule has 0 amide bonds. The largest absolute Gasteiger partial charge is 0.370 e. The van der Waals surface area contributed by atoms with Crippen LogP contribution in [0, 0.1) is 0 Å². The first kappa shape index (κ1) is 15.3. The predicted molar refractivity (Wildman–Crippen MR) is 85.4 cm³/mol. The van der Waals surface area contributed by atoms with Gasteiger partial charge in [0.1, 0.15) is 18.0 Å². The molecule has 0 fully saturated rings. The van der Waals surface area contributed by atoms with Gasteiger partial charge in [-0.3, -0.25) is 4.68 Å². The van der Waals surface area contributed by atoms with Gasteiger partial charge in [0.25, 0.3) is 0 Å². The van der Waals surface area contributed by atoms with Crippen LogP contribution in [0.2, 0.25) is 0 Å². The summed E-state index contributed by atoms with van der Waals surface area (Å²) in [6, 6.07) is 2.00. The summed E-state index contributed by atoms with van der Waals surface area (Å²) in [5, 5.41) is 11.0. The fraction of sp³-hybridized carbons (Fsp3) is 0.533. The highest BCUT2D eigenvalue weighted by atomic mass is 15.3. The molecule has 0 saturated heterocycles. The molecule has 0 radical (unpaired) electrons. The van der Waals surface area contributed by atoms with Gasteiger partial charge in [0.2, 0.25) is 0 Å². The molecule has 0 atom stereocenters. The van der Waals surface area contributed by atoms with Crippen molar-refractivity contribution in [1.82, 2.24) is 19.7 Å². The average molecular weight is 288 g/mol. The minimum absolute atomic E-state index is 0.347. The Balaban J connectivity index is 2.19. The van der Waals surface area contributed by atoms with Gasteiger partial charge in [-0.25, -0.2) is 9.97 Å². The minimum Gasteiger partial charge on any atom is -0.370 e. The van der Waals surface area contributed by atoms with Gasteiger partial charge in [0, 0.05) is 25.4 Å². The summed E-state index contributed by atoms with van der Waals surface area (Å²) < 4.78 is 1.86. The van der Waals surface area contributed by atoms with Gasteiger partial charge in [-0.2, -0.15) is 5.10 Å². The molecule has 6 heteroatoms. The molecular formula is C15H24N6. The number of aryl methyl sites for hydroxylation is 1. The van der Waals surface area contributed by atoms with E-state index in [1.807, 2.05) is 17.8 Å². The highest BCUT2D eigenvalue weighted by Gasteiger charge is 2.14. The summed E-state index contributed by atoms with van der Waals surface area (Å²) in [6.45, 7) is 8.07. The van der Waals surface area contributed by atoms with Gasteiger partial charge in [-0.05, 0) is 18.4 Å². The van der Waals surface area contributed by atoms with E-state index in [0.717, 1.165) is 35.9 Å². The van der Waals surface area contributed by atoms with Crippen molar-refractivity contribution in [2.45, 2.75) is 39.7 Å². The molecule has 0 aliphatic rings. The Hall–Kier alpha value is -2.11. The Labute approximate surface area is 126 Å². The van der Waals surface area contributed by atoms with Gasteiger partial charge >= 0.3 is 0 Å². The third kappa shape index (κ3) is 3.71. The maximum atomic E-state index is 4.41.